The Balaban J connectivity index is 2.19. The highest BCUT2D eigenvalue weighted by Gasteiger charge is 2.19. The lowest BCUT2D eigenvalue weighted by molar-refractivity contribution is -0.140. The van der Waals surface area contributed by atoms with Gasteiger partial charge in [-0.05, 0) is 18.2 Å². The lowest BCUT2D eigenvalue weighted by Gasteiger charge is -2.11. The molecule has 1 atom stereocenters. The van der Waals surface area contributed by atoms with Crippen LogP contribution in [0.15, 0.2) is 24.4 Å². The first kappa shape index (κ1) is 12.1. The summed E-state index contributed by atoms with van der Waals surface area (Å²) in [7, 11) is 0. The maximum Gasteiger partial charge on any atom is 0.328 e. The zero-order valence-electron chi connectivity index (χ0n) is 9.25. The number of carbonyl (C=O) groups excluding carboxylic acids is 1. The first-order valence-electron chi connectivity index (χ1n) is 5.19. The molecule has 18 heavy (non-hydrogen) atoms. The number of aromatic nitrogens is 2. The molecule has 0 unspecified atom stereocenters. The Hall–Kier alpha value is -2.41. The molecule has 1 aromatic heterocycles. The van der Waals surface area contributed by atoms with Crippen LogP contribution in [0.4, 0.5) is 0 Å². The number of carboxylic acid groups (broad SMARTS) is 1. The lowest BCUT2D eigenvalue weighted by Crippen LogP contribution is -2.43. The normalized spacial score (nSPS) is 12.3. The number of aromatic amines is 1. The maximum absolute atomic E-state index is 11.8. The van der Waals surface area contributed by atoms with E-state index in [-0.39, 0.29) is 0 Å². The van der Waals surface area contributed by atoms with Crippen molar-refractivity contribution in [3.63, 3.8) is 0 Å². The number of hydrogen-bond donors (Lipinski definition) is 4. The van der Waals surface area contributed by atoms with E-state index in [9.17, 15) is 9.59 Å². The molecule has 4 N–H and O–H groups in total. The monoisotopic (exact) mass is 249 g/mol. The number of fused-ring (bicyclic) bond motifs is 1. The smallest absolute Gasteiger partial charge is 0.328 e. The summed E-state index contributed by atoms with van der Waals surface area (Å²) in [5, 5.41) is 27.1. The third-order valence-corrected chi connectivity index (χ3v) is 2.49. The number of aliphatic carboxylic acids is 1. The Morgan fingerprint density at radius 2 is 2.22 bits per heavy atom. The average Bonchev–Trinajstić information content (AvgIpc) is 2.82. The standard InChI is InChI=1S/C11H11N3O4/c15-5-9(11(17)18)13-10(16)6-1-2-8-7(3-6)4-12-14-8/h1-4,9,15H,5H2,(H,12,14)(H,13,16)(H,17,18)/t9-/m0/s1. The molecule has 0 saturated carbocycles. The van der Waals surface area contributed by atoms with E-state index in [1.807, 2.05) is 0 Å². The molecule has 7 nitrogen and oxygen atoms in total. The highest BCUT2D eigenvalue weighted by molar-refractivity contribution is 5.99. The van der Waals surface area contributed by atoms with E-state index < -0.39 is 24.5 Å². The zero-order valence-corrected chi connectivity index (χ0v) is 9.25. The fraction of sp³-hybridized carbons (Fsp3) is 0.182. The highest BCUT2D eigenvalue weighted by Crippen LogP contribution is 2.12. The molecule has 0 aliphatic heterocycles. The minimum atomic E-state index is -1.31. The van der Waals surface area contributed by atoms with Crippen LogP contribution in [0.25, 0.3) is 10.9 Å². The molecule has 2 aromatic rings. The number of carboxylic acids is 1. The number of amides is 1. The largest absolute Gasteiger partial charge is 0.480 e. The summed E-state index contributed by atoms with van der Waals surface area (Å²) in [6, 6.07) is 3.50. The minimum absolute atomic E-state index is 0.309. The van der Waals surface area contributed by atoms with E-state index >= 15 is 0 Å². The predicted octanol–water partition coefficient (Wildman–Crippen LogP) is -0.262. The number of aliphatic hydroxyl groups is 1. The molecule has 0 bridgehead atoms. The summed E-state index contributed by atoms with van der Waals surface area (Å²) in [5.74, 6) is -1.84. The second kappa shape index (κ2) is 4.84. The number of nitrogens with one attached hydrogen (secondary N) is 2. The fourth-order valence-corrected chi connectivity index (χ4v) is 1.51. The van der Waals surface area contributed by atoms with Crippen LogP contribution < -0.4 is 5.32 Å². The second-order valence-corrected chi connectivity index (χ2v) is 3.72. The Morgan fingerprint density at radius 3 is 2.89 bits per heavy atom. The number of benzene rings is 1. The number of carbonyl (C=O) groups is 2. The van der Waals surface area contributed by atoms with E-state index in [1.54, 1.807) is 24.4 Å². The Labute approximate surface area is 101 Å². The van der Waals surface area contributed by atoms with Crippen molar-refractivity contribution in [3.8, 4) is 0 Å². The van der Waals surface area contributed by atoms with Crippen molar-refractivity contribution in [1.29, 1.82) is 0 Å². The van der Waals surface area contributed by atoms with Gasteiger partial charge in [0.05, 0.1) is 18.3 Å². The molecule has 0 fully saturated rings. The summed E-state index contributed by atoms with van der Waals surface area (Å²) in [4.78, 5) is 22.4. The van der Waals surface area contributed by atoms with Gasteiger partial charge in [0.25, 0.3) is 5.91 Å². The van der Waals surface area contributed by atoms with Crippen LogP contribution in [-0.4, -0.2) is 44.9 Å². The Morgan fingerprint density at radius 1 is 1.44 bits per heavy atom. The van der Waals surface area contributed by atoms with Gasteiger partial charge >= 0.3 is 5.97 Å². The number of rotatable bonds is 4. The van der Waals surface area contributed by atoms with Gasteiger partial charge in [-0.25, -0.2) is 4.79 Å². The first-order valence-corrected chi connectivity index (χ1v) is 5.19. The number of nitrogens with zero attached hydrogens (tertiary/aromatic N) is 1. The third-order valence-electron chi connectivity index (χ3n) is 2.49. The van der Waals surface area contributed by atoms with E-state index in [4.69, 9.17) is 10.2 Å². The van der Waals surface area contributed by atoms with Crippen LogP contribution in [0.1, 0.15) is 10.4 Å². The quantitative estimate of drug-likeness (QED) is 0.595. The first-order chi connectivity index (χ1) is 8.61. The van der Waals surface area contributed by atoms with Gasteiger partial charge in [-0.15, -0.1) is 0 Å². The van der Waals surface area contributed by atoms with Crippen LogP contribution in [0, 0.1) is 0 Å². The molecule has 0 aliphatic carbocycles. The summed E-state index contributed by atoms with van der Waals surface area (Å²) in [5.41, 5.74) is 1.09. The molecule has 0 aliphatic rings. The Kier molecular flexibility index (Phi) is 3.24. The van der Waals surface area contributed by atoms with Crippen LogP contribution in [-0.2, 0) is 4.79 Å². The topological polar surface area (TPSA) is 115 Å². The molecule has 2 rings (SSSR count). The average molecular weight is 249 g/mol. The van der Waals surface area contributed by atoms with E-state index in [0.29, 0.717) is 5.56 Å². The van der Waals surface area contributed by atoms with E-state index in [0.717, 1.165) is 10.9 Å². The van der Waals surface area contributed by atoms with Crippen molar-refractivity contribution in [1.82, 2.24) is 15.5 Å². The zero-order chi connectivity index (χ0) is 13.1. The molecular weight excluding hydrogens is 238 g/mol. The van der Waals surface area contributed by atoms with Crippen LogP contribution in [0.5, 0.6) is 0 Å². The van der Waals surface area contributed by atoms with Gasteiger partial charge in [0.2, 0.25) is 0 Å². The molecule has 0 radical (unpaired) electrons. The van der Waals surface area contributed by atoms with Crippen molar-refractivity contribution < 1.29 is 19.8 Å². The number of H-pyrrole nitrogens is 1. The summed E-state index contributed by atoms with van der Waals surface area (Å²) in [6.45, 7) is -0.658. The molecular formula is C11H11N3O4. The molecule has 0 saturated heterocycles. The van der Waals surface area contributed by atoms with Crippen LogP contribution >= 0.6 is 0 Å². The van der Waals surface area contributed by atoms with Gasteiger partial charge in [-0.1, -0.05) is 0 Å². The minimum Gasteiger partial charge on any atom is -0.480 e. The Bertz CT molecular complexity index is 593. The summed E-state index contributed by atoms with van der Waals surface area (Å²) >= 11 is 0. The SMILES string of the molecule is O=C(N[C@@H](CO)C(=O)O)c1ccc2[nH]ncc2c1. The van der Waals surface area contributed by atoms with Crippen LogP contribution in [0.2, 0.25) is 0 Å². The molecule has 1 aromatic carbocycles. The summed E-state index contributed by atoms with van der Waals surface area (Å²) in [6.07, 6.45) is 1.56. The van der Waals surface area contributed by atoms with Gasteiger partial charge in [-0.3, -0.25) is 9.89 Å². The van der Waals surface area contributed by atoms with Gasteiger partial charge < -0.3 is 15.5 Å². The van der Waals surface area contributed by atoms with Gasteiger partial charge in [0, 0.05) is 10.9 Å². The van der Waals surface area contributed by atoms with E-state index in [1.165, 1.54) is 0 Å². The molecule has 0 spiro atoms. The molecule has 1 amide bonds. The fourth-order valence-electron chi connectivity index (χ4n) is 1.51. The maximum atomic E-state index is 11.8. The molecule has 1 heterocycles. The molecule has 94 valence electrons. The van der Waals surface area contributed by atoms with Crippen molar-refractivity contribution in [2.24, 2.45) is 0 Å². The van der Waals surface area contributed by atoms with Crippen LogP contribution in [0.3, 0.4) is 0 Å². The highest BCUT2D eigenvalue weighted by atomic mass is 16.4. The van der Waals surface area contributed by atoms with Gasteiger partial charge in [0.15, 0.2) is 6.04 Å². The van der Waals surface area contributed by atoms with Crippen molar-refractivity contribution in [2.45, 2.75) is 6.04 Å². The van der Waals surface area contributed by atoms with Gasteiger partial charge in [-0.2, -0.15) is 5.10 Å². The number of aliphatic hydroxyl groups excluding tert-OH is 1. The number of hydrogen-bond acceptors (Lipinski definition) is 4. The predicted molar refractivity (Wildman–Crippen MR) is 62.1 cm³/mol. The third kappa shape index (κ3) is 2.30. The van der Waals surface area contributed by atoms with Crippen molar-refractivity contribution in [2.75, 3.05) is 6.61 Å². The van der Waals surface area contributed by atoms with Crippen molar-refractivity contribution in [3.05, 3.63) is 30.0 Å². The second-order valence-electron chi connectivity index (χ2n) is 3.72. The van der Waals surface area contributed by atoms with Crippen molar-refractivity contribution >= 4 is 22.8 Å². The summed E-state index contributed by atoms with van der Waals surface area (Å²) < 4.78 is 0. The van der Waals surface area contributed by atoms with Gasteiger partial charge in [0.1, 0.15) is 0 Å². The molecule has 7 heteroatoms. The lowest BCUT2D eigenvalue weighted by atomic mass is 10.1. The van der Waals surface area contributed by atoms with E-state index in [2.05, 4.69) is 15.5 Å².